The Kier molecular flexibility index (Phi) is 4.68. The standard InChI is InChI=1S/C16H10BrN3O3S/c17-13-7-10(1-6-14(13)21)8-18-16-19-9-15(24-16)11-2-4-12(5-3-11)20(22)23/h1-9,21H/b18-8+. The molecule has 1 N–H and O–H groups in total. The molecule has 0 bridgehead atoms. The molecule has 0 atom stereocenters. The summed E-state index contributed by atoms with van der Waals surface area (Å²) in [7, 11) is 0. The van der Waals surface area contributed by atoms with Crippen molar-refractivity contribution in [1.82, 2.24) is 4.98 Å². The number of phenols is 1. The first-order chi connectivity index (χ1) is 11.5. The zero-order valence-electron chi connectivity index (χ0n) is 12.1. The van der Waals surface area contributed by atoms with Crippen molar-refractivity contribution in [3.05, 3.63) is 68.8 Å². The van der Waals surface area contributed by atoms with Crippen LogP contribution in [0, 0.1) is 10.1 Å². The number of hydrogen-bond acceptors (Lipinski definition) is 6. The molecule has 6 nitrogen and oxygen atoms in total. The summed E-state index contributed by atoms with van der Waals surface area (Å²) in [5.74, 6) is 0.168. The number of aliphatic imine (C=N–C) groups is 1. The number of nitro groups is 1. The number of aromatic nitrogens is 1. The number of rotatable bonds is 4. The van der Waals surface area contributed by atoms with E-state index in [9.17, 15) is 15.2 Å². The fourth-order valence-electron chi connectivity index (χ4n) is 1.94. The lowest BCUT2D eigenvalue weighted by molar-refractivity contribution is -0.384. The van der Waals surface area contributed by atoms with Gasteiger partial charge >= 0.3 is 0 Å². The molecule has 0 amide bonds. The Hall–Kier alpha value is -2.58. The maximum Gasteiger partial charge on any atom is 0.269 e. The van der Waals surface area contributed by atoms with Crippen molar-refractivity contribution >= 4 is 44.3 Å². The molecule has 0 unspecified atom stereocenters. The third kappa shape index (κ3) is 3.66. The Bertz CT molecular complexity index is 923. The van der Waals surface area contributed by atoms with Crippen molar-refractivity contribution in [1.29, 1.82) is 0 Å². The van der Waals surface area contributed by atoms with E-state index in [0.717, 1.165) is 16.0 Å². The summed E-state index contributed by atoms with van der Waals surface area (Å²) in [5.41, 5.74) is 1.73. The van der Waals surface area contributed by atoms with E-state index < -0.39 is 4.92 Å². The number of halogens is 1. The number of hydrogen-bond donors (Lipinski definition) is 1. The molecule has 0 radical (unpaired) electrons. The van der Waals surface area contributed by atoms with Crippen molar-refractivity contribution in [2.45, 2.75) is 0 Å². The fraction of sp³-hybridized carbons (Fsp3) is 0. The lowest BCUT2D eigenvalue weighted by atomic mass is 10.2. The highest BCUT2D eigenvalue weighted by Crippen LogP contribution is 2.31. The summed E-state index contributed by atoms with van der Waals surface area (Å²) in [6, 6.07) is 11.4. The number of benzene rings is 2. The predicted octanol–water partition coefficient (Wildman–Crippen LogP) is 4.94. The van der Waals surface area contributed by atoms with Gasteiger partial charge in [-0.1, -0.05) is 11.3 Å². The quantitative estimate of drug-likeness (QED) is 0.379. The monoisotopic (exact) mass is 403 g/mol. The van der Waals surface area contributed by atoms with Crippen LogP contribution in [0.1, 0.15) is 5.56 Å². The van der Waals surface area contributed by atoms with Gasteiger partial charge in [0.25, 0.3) is 5.69 Å². The average Bonchev–Trinajstić information content (AvgIpc) is 3.05. The summed E-state index contributed by atoms with van der Waals surface area (Å²) in [6.45, 7) is 0. The lowest BCUT2D eigenvalue weighted by Crippen LogP contribution is -1.86. The Balaban J connectivity index is 1.78. The first-order valence-corrected chi connectivity index (χ1v) is 8.37. The SMILES string of the molecule is O=[N+]([O-])c1ccc(-c2cnc(/N=C/c3ccc(O)c(Br)c3)s2)cc1. The second kappa shape index (κ2) is 6.90. The molecule has 1 aromatic heterocycles. The summed E-state index contributed by atoms with van der Waals surface area (Å²) in [4.78, 5) is 19.7. The van der Waals surface area contributed by atoms with Crippen LogP contribution in [-0.4, -0.2) is 21.2 Å². The van der Waals surface area contributed by atoms with Crippen molar-refractivity contribution in [3.8, 4) is 16.2 Å². The number of thiazole rings is 1. The van der Waals surface area contributed by atoms with Crippen LogP contribution in [0.2, 0.25) is 0 Å². The molecule has 1 heterocycles. The van der Waals surface area contributed by atoms with E-state index in [1.54, 1.807) is 42.7 Å². The van der Waals surface area contributed by atoms with Gasteiger partial charge in [0.15, 0.2) is 0 Å². The van der Waals surface area contributed by atoms with Gasteiger partial charge in [-0.3, -0.25) is 10.1 Å². The van der Waals surface area contributed by atoms with Gasteiger partial charge in [0, 0.05) is 24.5 Å². The molecule has 0 aliphatic carbocycles. The van der Waals surface area contributed by atoms with Crippen LogP contribution in [0.25, 0.3) is 10.4 Å². The largest absolute Gasteiger partial charge is 0.507 e. The van der Waals surface area contributed by atoms with E-state index in [4.69, 9.17) is 0 Å². The van der Waals surface area contributed by atoms with E-state index in [2.05, 4.69) is 25.9 Å². The highest BCUT2D eigenvalue weighted by Gasteiger charge is 2.07. The molecule has 0 fully saturated rings. The van der Waals surface area contributed by atoms with Crippen LogP contribution < -0.4 is 0 Å². The minimum atomic E-state index is -0.429. The summed E-state index contributed by atoms with van der Waals surface area (Å²) >= 11 is 4.64. The zero-order valence-corrected chi connectivity index (χ0v) is 14.5. The highest BCUT2D eigenvalue weighted by atomic mass is 79.9. The molecule has 0 saturated heterocycles. The average molecular weight is 404 g/mol. The fourth-order valence-corrected chi connectivity index (χ4v) is 3.10. The second-order valence-electron chi connectivity index (χ2n) is 4.78. The predicted molar refractivity (Wildman–Crippen MR) is 97.3 cm³/mol. The van der Waals surface area contributed by atoms with Gasteiger partial charge in [0.2, 0.25) is 5.13 Å². The molecule has 3 aromatic rings. The second-order valence-corrected chi connectivity index (χ2v) is 6.64. The smallest absolute Gasteiger partial charge is 0.269 e. The third-order valence-electron chi connectivity index (χ3n) is 3.15. The molecule has 0 aliphatic rings. The number of non-ortho nitro benzene ring substituents is 1. The number of phenolic OH excluding ortho intramolecular Hbond substituents is 1. The number of aromatic hydroxyl groups is 1. The number of nitrogens with zero attached hydrogens (tertiary/aromatic N) is 3. The molecule has 8 heteroatoms. The Morgan fingerprint density at radius 2 is 2.00 bits per heavy atom. The van der Waals surface area contributed by atoms with E-state index in [-0.39, 0.29) is 11.4 Å². The molecule has 0 spiro atoms. The first kappa shape index (κ1) is 16.3. The third-order valence-corrected chi connectivity index (χ3v) is 4.74. The number of nitro benzene ring substituents is 1. The normalized spacial score (nSPS) is 11.0. The van der Waals surface area contributed by atoms with Crippen LogP contribution in [0.5, 0.6) is 5.75 Å². The van der Waals surface area contributed by atoms with Gasteiger partial charge < -0.3 is 5.11 Å². The molecular formula is C16H10BrN3O3S. The van der Waals surface area contributed by atoms with Crippen LogP contribution in [0.4, 0.5) is 10.8 Å². The van der Waals surface area contributed by atoms with Gasteiger partial charge in [-0.25, -0.2) is 9.98 Å². The summed E-state index contributed by atoms with van der Waals surface area (Å²) in [5, 5.41) is 20.7. The lowest BCUT2D eigenvalue weighted by Gasteiger charge is -1.97. The van der Waals surface area contributed by atoms with E-state index in [1.165, 1.54) is 23.5 Å². The van der Waals surface area contributed by atoms with Crippen molar-refractivity contribution < 1.29 is 10.0 Å². The van der Waals surface area contributed by atoms with Gasteiger partial charge in [-0.15, -0.1) is 0 Å². The maximum atomic E-state index is 10.7. The Morgan fingerprint density at radius 3 is 2.67 bits per heavy atom. The van der Waals surface area contributed by atoms with Crippen molar-refractivity contribution in [2.24, 2.45) is 4.99 Å². The molecule has 120 valence electrons. The van der Waals surface area contributed by atoms with E-state index in [1.807, 2.05) is 0 Å². The van der Waals surface area contributed by atoms with Gasteiger partial charge in [-0.2, -0.15) is 0 Å². The van der Waals surface area contributed by atoms with Crippen LogP contribution in [0.3, 0.4) is 0 Å². The summed E-state index contributed by atoms with van der Waals surface area (Å²) < 4.78 is 0.595. The van der Waals surface area contributed by atoms with Crippen LogP contribution >= 0.6 is 27.3 Å². The van der Waals surface area contributed by atoms with Crippen molar-refractivity contribution in [2.75, 3.05) is 0 Å². The molecule has 0 aliphatic heterocycles. The Labute approximate surface area is 149 Å². The topological polar surface area (TPSA) is 88.6 Å². The van der Waals surface area contributed by atoms with Crippen LogP contribution in [0.15, 0.2) is 58.1 Å². The minimum Gasteiger partial charge on any atom is -0.507 e. The molecule has 2 aromatic carbocycles. The molecule has 3 rings (SSSR count). The molecule has 0 saturated carbocycles. The summed E-state index contributed by atoms with van der Waals surface area (Å²) in [6.07, 6.45) is 3.34. The van der Waals surface area contributed by atoms with E-state index >= 15 is 0 Å². The molecule has 24 heavy (non-hydrogen) atoms. The van der Waals surface area contributed by atoms with Crippen LogP contribution in [-0.2, 0) is 0 Å². The Morgan fingerprint density at radius 1 is 1.25 bits per heavy atom. The van der Waals surface area contributed by atoms with E-state index in [0.29, 0.717) is 9.60 Å². The minimum absolute atomic E-state index is 0.0550. The highest BCUT2D eigenvalue weighted by molar-refractivity contribution is 9.10. The maximum absolute atomic E-state index is 10.7. The van der Waals surface area contributed by atoms with Gasteiger partial charge in [0.05, 0.1) is 14.3 Å². The first-order valence-electron chi connectivity index (χ1n) is 6.76. The zero-order chi connectivity index (χ0) is 17.1. The van der Waals surface area contributed by atoms with Crippen molar-refractivity contribution in [3.63, 3.8) is 0 Å². The van der Waals surface area contributed by atoms with Gasteiger partial charge in [-0.05, 0) is 57.4 Å². The van der Waals surface area contributed by atoms with Gasteiger partial charge in [0.1, 0.15) is 5.75 Å². The molecular weight excluding hydrogens is 394 g/mol.